The third-order valence-corrected chi connectivity index (χ3v) is 5.81. The highest BCUT2D eigenvalue weighted by molar-refractivity contribution is 5.98. The Morgan fingerprint density at radius 2 is 1.68 bits per heavy atom. The first-order valence-corrected chi connectivity index (χ1v) is 11.5. The third kappa shape index (κ3) is 5.39. The van der Waals surface area contributed by atoms with E-state index >= 15 is 0 Å². The van der Waals surface area contributed by atoms with Crippen LogP contribution in [0.1, 0.15) is 37.7 Å². The molecule has 0 saturated carbocycles. The lowest BCUT2D eigenvalue weighted by molar-refractivity contribution is -0.140. The summed E-state index contributed by atoms with van der Waals surface area (Å²) in [6, 6.07) is 8.16. The van der Waals surface area contributed by atoms with E-state index < -0.39 is 47.4 Å². The Kier molecular flexibility index (Phi) is 6.79. The van der Waals surface area contributed by atoms with E-state index in [1.54, 1.807) is 18.2 Å². The van der Waals surface area contributed by atoms with Crippen LogP contribution in [0.15, 0.2) is 48.7 Å². The van der Waals surface area contributed by atoms with E-state index in [4.69, 9.17) is 4.74 Å². The number of carbonyl (C=O) groups is 3. The maximum absolute atomic E-state index is 14.3. The minimum atomic E-state index is -4.93. The second-order valence-electron chi connectivity index (χ2n) is 8.60. The van der Waals surface area contributed by atoms with Gasteiger partial charge in [0.05, 0.1) is 17.4 Å². The predicted molar refractivity (Wildman–Crippen MR) is 127 cm³/mol. The van der Waals surface area contributed by atoms with E-state index in [0.29, 0.717) is 29.1 Å². The molecule has 3 heterocycles. The van der Waals surface area contributed by atoms with Gasteiger partial charge >= 0.3 is 6.18 Å². The molecule has 0 aliphatic carbocycles. The first-order chi connectivity index (χ1) is 19.0. The van der Waals surface area contributed by atoms with Crippen molar-refractivity contribution in [3.05, 3.63) is 88.4 Å². The molecule has 1 aliphatic rings. The first-order valence-electron chi connectivity index (χ1n) is 11.5. The van der Waals surface area contributed by atoms with Crippen LogP contribution in [0.25, 0.3) is 5.65 Å². The fourth-order valence-electron chi connectivity index (χ4n) is 3.90. The summed E-state index contributed by atoms with van der Waals surface area (Å²) in [5.74, 6) is -3.95. The number of hydrogen-bond donors (Lipinski definition) is 3. The molecule has 2 aromatic carbocycles. The maximum atomic E-state index is 14.3. The highest BCUT2D eigenvalue weighted by Gasteiger charge is 2.34. The van der Waals surface area contributed by atoms with Crippen LogP contribution in [0, 0.1) is 11.6 Å². The van der Waals surface area contributed by atoms with E-state index in [2.05, 4.69) is 26.0 Å². The second-order valence-corrected chi connectivity index (χ2v) is 8.60. The molecule has 5 rings (SSSR count). The van der Waals surface area contributed by atoms with Crippen molar-refractivity contribution in [2.45, 2.75) is 19.3 Å². The minimum Gasteiger partial charge on any atom is -0.482 e. The molecule has 15 heteroatoms. The van der Waals surface area contributed by atoms with Gasteiger partial charge in [0.25, 0.3) is 17.7 Å². The largest absolute Gasteiger partial charge is 0.482 e. The van der Waals surface area contributed by atoms with Crippen LogP contribution in [0.2, 0.25) is 0 Å². The number of fused-ring (bicyclic) bond motifs is 2. The summed E-state index contributed by atoms with van der Waals surface area (Å²) < 4.78 is 73.0. The van der Waals surface area contributed by atoms with E-state index in [1.807, 2.05) is 0 Å². The molecule has 0 spiro atoms. The number of ether oxygens (including phenoxy) is 1. The Labute approximate surface area is 221 Å². The molecule has 0 fully saturated rings. The van der Waals surface area contributed by atoms with Crippen LogP contribution in [-0.4, -0.2) is 38.9 Å². The molecule has 0 radical (unpaired) electrons. The molecular weight excluding hydrogens is 543 g/mol. The van der Waals surface area contributed by atoms with Crippen LogP contribution in [0.3, 0.4) is 0 Å². The summed E-state index contributed by atoms with van der Waals surface area (Å²) >= 11 is 0. The molecule has 0 atom stereocenters. The van der Waals surface area contributed by atoms with E-state index in [-0.39, 0.29) is 36.0 Å². The average Bonchev–Trinajstić information content (AvgIpc) is 3.30. The van der Waals surface area contributed by atoms with Gasteiger partial charge in [-0.3, -0.25) is 14.4 Å². The Hall–Kier alpha value is -5.08. The number of nitrogens with zero attached hydrogens (tertiary/aromatic N) is 3. The molecule has 0 saturated heterocycles. The number of hydrogen-bond acceptors (Lipinski definition) is 6. The lowest BCUT2D eigenvalue weighted by Crippen LogP contribution is -2.29. The molecule has 206 valence electrons. The summed E-state index contributed by atoms with van der Waals surface area (Å²) in [4.78, 5) is 41.2. The van der Waals surface area contributed by atoms with Crippen molar-refractivity contribution in [3.63, 3.8) is 0 Å². The van der Waals surface area contributed by atoms with Crippen molar-refractivity contribution < 1.29 is 41.1 Å². The van der Waals surface area contributed by atoms with Gasteiger partial charge in [0.15, 0.2) is 18.1 Å². The van der Waals surface area contributed by atoms with E-state index in [1.165, 1.54) is 0 Å². The zero-order valence-electron chi connectivity index (χ0n) is 20.1. The molecule has 0 unspecified atom stereocenters. The van der Waals surface area contributed by atoms with Crippen molar-refractivity contribution in [1.29, 1.82) is 0 Å². The maximum Gasteiger partial charge on any atom is 0.419 e. The van der Waals surface area contributed by atoms with Gasteiger partial charge < -0.3 is 20.7 Å². The summed E-state index contributed by atoms with van der Waals surface area (Å²) in [6.07, 6.45) is -4.16. The number of benzene rings is 2. The lowest BCUT2D eigenvalue weighted by Gasteiger charge is -2.18. The van der Waals surface area contributed by atoms with Gasteiger partial charge in [-0.25, -0.2) is 18.3 Å². The highest BCUT2D eigenvalue weighted by Crippen LogP contribution is 2.32. The fraction of sp³-hybridized carbons (Fsp3) is 0.160. The monoisotopic (exact) mass is 560 g/mol. The molecule has 3 amide bonds. The first kappa shape index (κ1) is 26.5. The van der Waals surface area contributed by atoms with Crippen molar-refractivity contribution in [2.75, 3.05) is 11.9 Å². The summed E-state index contributed by atoms with van der Waals surface area (Å²) in [5, 5.41) is 11.3. The molecule has 3 N–H and O–H groups in total. The lowest BCUT2D eigenvalue weighted by atomic mass is 10.1. The Bertz CT molecular complexity index is 1670. The van der Waals surface area contributed by atoms with Crippen molar-refractivity contribution >= 4 is 29.1 Å². The molecule has 2 aromatic heterocycles. The van der Waals surface area contributed by atoms with Gasteiger partial charge in [-0.1, -0.05) is 12.1 Å². The van der Waals surface area contributed by atoms with E-state index in [0.717, 1.165) is 22.8 Å². The van der Waals surface area contributed by atoms with Gasteiger partial charge in [0, 0.05) is 19.2 Å². The molecule has 0 bridgehead atoms. The van der Waals surface area contributed by atoms with Crippen LogP contribution >= 0.6 is 0 Å². The predicted octanol–water partition coefficient (Wildman–Crippen LogP) is 3.22. The molecule has 1 aliphatic heterocycles. The molecular formula is C25H17F5N6O4. The number of carbonyl (C=O) groups excluding carboxylic acids is 3. The third-order valence-electron chi connectivity index (χ3n) is 5.81. The molecule has 4 aromatic rings. The van der Waals surface area contributed by atoms with Crippen molar-refractivity contribution in [3.8, 4) is 5.75 Å². The number of nitrogens with one attached hydrogen (secondary N) is 3. The topological polar surface area (TPSA) is 127 Å². The number of halogens is 5. The zero-order valence-corrected chi connectivity index (χ0v) is 20.1. The van der Waals surface area contributed by atoms with Crippen LogP contribution in [-0.2, 0) is 24.1 Å². The van der Waals surface area contributed by atoms with Gasteiger partial charge in [0.1, 0.15) is 23.0 Å². The van der Waals surface area contributed by atoms with Crippen molar-refractivity contribution in [2.24, 2.45) is 0 Å². The quantitative estimate of drug-likeness (QED) is 0.311. The Balaban J connectivity index is 1.34. The summed E-state index contributed by atoms with van der Waals surface area (Å²) in [5.41, 5.74) is -1.64. The smallest absolute Gasteiger partial charge is 0.419 e. The minimum absolute atomic E-state index is 0.0236. The number of amides is 3. The fourth-order valence-corrected chi connectivity index (χ4v) is 3.90. The van der Waals surface area contributed by atoms with Crippen LogP contribution in [0.4, 0.5) is 27.6 Å². The standard InChI is InChI=1S/C25H17F5N6O4/c26-15-3-1-12(5-14(15)25(28,29)30)8-32-24(39)19-7-18(35-22-16(27)10-33-36(19)22)23(38)31-9-13-2-4-20-17(6-13)34-21(37)11-40-20/h1-7,10H,8-9,11H2,(H,31,38)(H,32,39)(H,34,37). The number of rotatable bonds is 6. The van der Waals surface area contributed by atoms with Crippen LogP contribution in [0.5, 0.6) is 5.75 Å². The SMILES string of the molecule is O=C1COc2ccc(CNC(=O)c3cc(C(=O)NCc4ccc(F)c(C(F)(F)F)c4)n4ncc(F)c4n3)cc2N1. The van der Waals surface area contributed by atoms with Gasteiger partial charge in [0.2, 0.25) is 0 Å². The van der Waals surface area contributed by atoms with Gasteiger partial charge in [-0.15, -0.1) is 0 Å². The van der Waals surface area contributed by atoms with Gasteiger partial charge in [-0.05, 0) is 35.4 Å². The zero-order chi connectivity index (χ0) is 28.6. The van der Waals surface area contributed by atoms with Gasteiger partial charge in [-0.2, -0.15) is 18.3 Å². The van der Waals surface area contributed by atoms with Crippen LogP contribution < -0.4 is 20.7 Å². The Morgan fingerprint density at radius 1 is 0.975 bits per heavy atom. The summed E-state index contributed by atoms with van der Waals surface area (Å²) in [6.45, 7) is -0.573. The highest BCUT2D eigenvalue weighted by atomic mass is 19.4. The average molecular weight is 560 g/mol. The molecule has 10 nitrogen and oxygen atoms in total. The number of aromatic nitrogens is 3. The second kappa shape index (κ2) is 10.2. The van der Waals surface area contributed by atoms with E-state index in [9.17, 15) is 36.3 Å². The molecule has 40 heavy (non-hydrogen) atoms. The number of alkyl halides is 3. The van der Waals surface area contributed by atoms with Crippen molar-refractivity contribution in [1.82, 2.24) is 25.2 Å². The summed E-state index contributed by atoms with van der Waals surface area (Å²) in [7, 11) is 0. The normalized spacial score (nSPS) is 12.9. The number of anilines is 1. The Morgan fingerprint density at radius 3 is 2.42 bits per heavy atom.